The van der Waals surface area contributed by atoms with Gasteiger partial charge in [0.05, 0.1) is 12.1 Å². The summed E-state index contributed by atoms with van der Waals surface area (Å²) in [6, 6.07) is 12.3. The van der Waals surface area contributed by atoms with E-state index in [0.717, 1.165) is 18.1 Å². The van der Waals surface area contributed by atoms with Crippen molar-refractivity contribution in [1.29, 1.82) is 0 Å². The Morgan fingerprint density at radius 1 is 1.06 bits per heavy atom. The number of benzene rings is 2. The zero-order chi connectivity index (χ0) is 22.2. The Bertz CT molecular complexity index is 975. The lowest BCUT2D eigenvalue weighted by Crippen LogP contribution is -2.48. The lowest BCUT2D eigenvalue weighted by Gasteiger charge is -2.25. The second-order valence-corrected chi connectivity index (χ2v) is 8.23. The summed E-state index contributed by atoms with van der Waals surface area (Å²) in [7, 11) is 0. The van der Waals surface area contributed by atoms with Crippen LogP contribution in [-0.4, -0.2) is 29.7 Å². The molecule has 0 spiro atoms. The summed E-state index contributed by atoms with van der Waals surface area (Å²) in [4.78, 5) is 12.5. The SMILES string of the molecule is CCc1cccc(CNCC(O)C(Cc2cc(F)cc(F)c2)NC(=O)c2ccsc2)c1. The van der Waals surface area contributed by atoms with Gasteiger partial charge in [0.15, 0.2) is 0 Å². The van der Waals surface area contributed by atoms with Gasteiger partial charge in [-0.2, -0.15) is 11.3 Å². The third-order valence-corrected chi connectivity index (χ3v) is 5.71. The van der Waals surface area contributed by atoms with Gasteiger partial charge in [0.25, 0.3) is 5.91 Å². The molecule has 3 rings (SSSR count). The highest BCUT2D eigenvalue weighted by molar-refractivity contribution is 7.08. The average molecular weight is 445 g/mol. The fourth-order valence-electron chi connectivity index (χ4n) is 3.38. The Labute approximate surface area is 184 Å². The molecular formula is C24H26F2N2O2S. The molecule has 0 bridgehead atoms. The number of halogens is 2. The van der Waals surface area contributed by atoms with E-state index in [9.17, 15) is 18.7 Å². The molecule has 1 aromatic heterocycles. The highest BCUT2D eigenvalue weighted by Gasteiger charge is 2.23. The van der Waals surface area contributed by atoms with Crippen molar-refractivity contribution in [2.45, 2.75) is 38.5 Å². The minimum absolute atomic E-state index is 0.0960. The van der Waals surface area contributed by atoms with E-state index in [1.165, 1.54) is 29.0 Å². The second kappa shape index (κ2) is 11.1. The summed E-state index contributed by atoms with van der Waals surface area (Å²) in [6.07, 6.45) is 0.0825. The van der Waals surface area contributed by atoms with Crippen molar-refractivity contribution in [3.05, 3.63) is 93.2 Å². The molecule has 1 amide bonds. The first-order valence-electron chi connectivity index (χ1n) is 10.2. The molecule has 0 saturated carbocycles. The molecule has 0 aliphatic heterocycles. The van der Waals surface area contributed by atoms with Crippen LogP contribution < -0.4 is 10.6 Å². The quantitative estimate of drug-likeness (QED) is 0.442. The lowest BCUT2D eigenvalue weighted by molar-refractivity contribution is 0.0830. The number of nitrogens with one attached hydrogen (secondary N) is 2. The Morgan fingerprint density at radius 3 is 2.48 bits per heavy atom. The van der Waals surface area contributed by atoms with Crippen molar-refractivity contribution in [3.63, 3.8) is 0 Å². The number of aliphatic hydroxyl groups excluding tert-OH is 1. The maximum atomic E-state index is 13.6. The van der Waals surface area contributed by atoms with Crippen molar-refractivity contribution >= 4 is 17.2 Å². The van der Waals surface area contributed by atoms with Crippen LogP contribution in [0.3, 0.4) is 0 Å². The first-order chi connectivity index (χ1) is 14.9. The molecule has 0 fully saturated rings. The second-order valence-electron chi connectivity index (χ2n) is 7.45. The number of carbonyl (C=O) groups excluding carboxylic acids is 1. The molecule has 7 heteroatoms. The van der Waals surface area contributed by atoms with Gasteiger partial charge in [0.1, 0.15) is 11.6 Å². The maximum absolute atomic E-state index is 13.6. The minimum atomic E-state index is -0.955. The summed E-state index contributed by atoms with van der Waals surface area (Å²) >= 11 is 1.39. The van der Waals surface area contributed by atoms with E-state index in [-0.39, 0.29) is 18.9 Å². The van der Waals surface area contributed by atoms with Crippen molar-refractivity contribution in [2.24, 2.45) is 0 Å². The maximum Gasteiger partial charge on any atom is 0.252 e. The fourth-order valence-corrected chi connectivity index (χ4v) is 4.01. The first-order valence-corrected chi connectivity index (χ1v) is 11.1. The van der Waals surface area contributed by atoms with Crippen LogP contribution in [0, 0.1) is 11.6 Å². The number of aryl methyl sites for hydroxylation is 1. The van der Waals surface area contributed by atoms with E-state index in [4.69, 9.17) is 0 Å². The molecule has 31 heavy (non-hydrogen) atoms. The molecule has 1 heterocycles. The Balaban J connectivity index is 1.67. The Hall–Kier alpha value is -2.61. The number of amides is 1. The third kappa shape index (κ3) is 6.95. The van der Waals surface area contributed by atoms with E-state index in [2.05, 4.69) is 29.7 Å². The number of hydrogen-bond donors (Lipinski definition) is 3. The largest absolute Gasteiger partial charge is 0.390 e. The van der Waals surface area contributed by atoms with E-state index < -0.39 is 23.8 Å². The highest BCUT2D eigenvalue weighted by atomic mass is 32.1. The van der Waals surface area contributed by atoms with Gasteiger partial charge in [-0.1, -0.05) is 31.2 Å². The zero-order valence-electron chi connectivity index (χ0n) is 17.3. The van der Waals surface area contributed by atoms with Crippen LogP contribution in [0.15, 0.2) is 59.3 Å². The highest BCUT2D eigenvalue weighted by Crippen LogP contribution is 2.14. The van der Waals surface area contributed by atoms with Crippen LogP contribution in [0.1, 0.15) is 34.0 Å². The molecule has 3 N–H and O–H groups in total. The molecule has 0 saturated heterocycles. The average Bonchev–Trinajstić information content (AvgIpc) is 3.28. The molecule has 3 aromatic rings. The van der Waals surface area contributed by atoms with Gasteiger partial charge in [-0.05, 0) is 53.1 Å². The predicted octanol–water partition coefficient (Wildman–Crippen LogP) is 4.08. The van der Waals surface area contributed by atoms with E-state index in [0.29, 0.717) is 17.7 Å². The number of carbonyl (C=O) groups is 1. The molecule has 0 aliphatic rings. The van der Waals surface area contributed by atoms with Crippen molar-refractivity contribution in [3.8, 4) is 0 Å². The van der Waals surface area contributed by atoms with Gasteiger partial charge in [0, 0.05) is 30.1 Å². The topological polar surface area (TPSA) is 61.4 Å². The molecule has 4 nitrogen and oxygen atoms in total. The van der Waals surface area contributed by atoms with E-state index in [1.807, 2.05) is 12.1 Å². The van der Waals surface area contributed by atoms with Gasteiger partial charge < -0.3 is 15.7 Å². The number of aliphatic hydroxyl groups is 1. The van der Waals surface area contributed by atoms with Crippen LogP contribution in [0.25, 0.3) is 0 Å². The van der Waals surface area contributed by atoms with Crippen LogP contribution in [0.2, 0.25) is 0 Å². The summed E-state index contributed by atoms with van der Waals surface area (Å²) in [5.74, 6) is -1.72. The van der Waals surface area contributed by atoms with Gasteiger partial charge in [-0.25, -0.2) is 8.78 Å². The number of rotatable bonds is 10. The molecule has 0 aliphatic carbocycles. The third-order valence-electron chi connectivity index (χ3n) is 5.02. The Kier molecular flexibility index (Phi) is 8.28. The summed E-state index contributed by atoms with van der Waals surface area (Å²) in [6.45, 7) is 2.86. The molecule has 2 unspecified atom stereocenters. The van der Waals surface area contributed by atoms with Crippen LogP contribution in [0.4, 0.5) is 8.78 Å². The van der Waals surface area contributed by atoms with E-state index in [1.54, 1.807) is 16.8 Å². The molecule has 2 aromatic carbocycles. The zero-order valence-corrected chi connectivity index (χ0v) is 18.1. The molecular weight excluding hydrogens is 418 g/mol. The normalized spacial score (nSPS) is 13.0. The summed E-state index contributed by atoms with van der Waals surface area (Å²) in [5.41, 5.74) is 3.17. The first kappa shape index (κ1) is 23.1. The Morgan fingerprint density at radius 2 is 1.81 bits per heavy atom. The number of thiophene rings is 1. The molecule has 0 radical (unpaired) electrons. The smallest absolute Gasteiger partial charge is 0.252 e. The molecule has 2 atom stereocenters. The molecule has 164 valence electrons. The van der Waals surface area contributed by atoms with Crippen molar-refractivity contribution in [2.75, 3.05) is 6.54 Å². The van der Waals surface area contributed by atoms with Crippen LogP contribution in [-0.2, 0) is 19.4 Å². The van der Waals surface area contributed by atoms with Gasteiger partial charge in [0.2, 0.25) is 0 Å². The monoisotopic (exact) mass is 444 g/mol. The lowest BCUT2D eigenvalue weighted by atomic mass is 10.00. The number of hydrogen-bond acceptors (Lipinski definition) is 4. The summed E-state index contributed by atoms with van der Waals surface area (Å²) in [5, 5.41) is 20.3. The van der Waals surface area contributed by atoms with E-state index >= 15 is 0 Å². The predicted molar refractivity (Wildman–Crippen MR) is 119 cm³/mol. The van der Waals surface area contributed by atoms with Gasteiger partial charge >= 0.3 is 0 Å². The van der Waals surface area contributed by atoms with Crippen LogP contribution in [0.5, 0.6) is 0 Å². The van der Waals surface area contributed by atoms with Crippen LogP contribution >= 0.6 is 11.3 Å². The van der Waals surface area contributed by atoms with Crippen molar-refractivity contribution in [1.82, 2.24) is 10.6 Å². The standard InChI is InChI=1S/C24H26F2N2O2S/c1-2-16-4-3-5-17(8-16)13-27-14-23(29)22(28-24(30)19-6-7-31-15-19)11-18-9-20(25)12-21(26)10-18/h3-10,12,15,22-23,27,29H,2,11,13-14H2,1H3,(H,28,30). The van der Waals surface area contributed by atoms with Gasteiger partial charge in [-0.3, -0.25) is 4.79 Å². The minimum Gasteiger partial charge on any atom is -0.390 e. The summed E-state index contributed by atoms with van der Waals surface area (Å²) < 4.78 is 27.2. The van der Waals surface area contributed by atoms with Gasteiger partial charge in [-0.15, -0.1) is 0 Å². The fraction of sp³-hybridized carbons (Fsp3) is 0.292. The van der Waals surface area contributed by atoms with Crippen molar-refractivity contribution < 1.29 is 18.7 Å².